The average Bonchev–Trinajstić information content (AvgIpc) is 3.19. The van der Waals surface area contributed by atoms with Gasteiger partial charge in [0.25, 0.3) is 0 Å². The van der Waals surface area contributed by atoms with Gasteiger partial charge in [-0.05, 0) is 129 Å². The summed E-state index contributed by atoms with van der Waals surface area (Å²) in [6.07, 6.45) is 15.3. The maximum absolute atomic E-state index is 10.4. The second kappa shape index (κ2) is 10.7. The van der Waals surface area contributed by atoms with Gasteiger partial charge in [-0.15, -0.1) is 0 Å². The highest BCUT2D eigenvalue weighted by Crippen LogP contribution is 2.69. The van der Waals surface area contributed by atoms with Crippen LogP contribution in [0.15, 0.2) is 0 Å². The van der Waals surface area contributed by atoms with E-state index in [1.807, 2.05) is 13.8 Å². The van der Waals surface area contributed by atoms with Crippen LogP contribution in [0.4, 0.5) is 0 Å². The molecule has 0 amide bonds. The third-order valence-electron chi connectivity index (χ3n) is 11.5. The van der Waals surface area contributed by atoms with Crippen LogP contribution in [0.3, 0.4) is 0 Å². The van der Waals surface area contributed by atoms with Gasteiger partial charge in [0.05, 0.1) is 12.2 Å². The van der Waals surface area contributed by atoms with E-state index in [2.05, 4.69) is 34.6 Å². The van der Waals surface area contributed by atoms with Crippen LogP contribution in [-0.2, 0) is 0 Å². The van der Waals surface area contributed by atoms with Crippen molar-refractivity contribution < 1.29 is 10.2 Å². The molecule has 0 bridgehead atoms. The lowest BCUT2D eigenvalue weighted by Crippen LogP contribution is -2.54. The number of aliphatic hydroxyl groups excluding tert-OH is 2. The summed E-state index contributed by atoms with van der Waals surface area (Å²) < 4.78 is 0. The third kappa shape index (κ3) is 4.58. The second-order valence-corrected chi connectivity index (χ2v) is 12.8. The van der Waals surface area contributed by atoms with Gasteiger partial charge >= 0.3 is 0 Å². The number of hydrogen-bond donors (Lipinski definition) is 2. The maximum Gasteiger partial charge on any atom is 0.0563 e. The molecule has 4 fully saturated rings. The summed E-state index contributed by atoms with van der Waals surface area (Å²) in [5.74, 6) is 5.55. The van der Waals surface area contributed by atoms with E-state index in [4.69, 9.17) is 0 Å². The Morgan fingerprint density at radius 1 is 0.875 bits per heavy atom. The zero-order valence-electron chi connectivity index (χ0n) is 22.6. The van der Waals surface area contributed by atoms with Crippen LogP contribution in [0.2, 0.25) is 0 Å². The van der Waals surface area contributed by atoms with E-state index < -0.39 is 0 Å². The molecule has 4 rings (SSSR count). The fourth-order valence-electron chi connectivity index (χ4n) is 9.61. The number of aliphatic hydroxyl groups is 2. The molecule has 2 N–H and O–H groups in total. The second-order valence-electron chi connectivity index (χ2n) is 12.8. The summed E-state index contributed by atoms with van der Waals surface area (Å²) in [6, 6.07) is 0. The average molecular weight is 449 g/mol. The Kier molecular flexibility index (Phi) is 8.85. The molecular weight excluding hydrogens is 392 g/mol. The molecule has 4 aliphatic rings. The van der Waals surface area contributed by atoms with E-state index in [0.717, 1.165) is 54.8 Å². The molecule has 10 atom stereocenters. The molecule has 0 aromatic rings. The summed E-state index contributed by atoms with van der Waals surface area (Å²) in [5, 5.41) is 20.7. The molecular formula is C30H56O2. The highest BCUT2D eigenvalue weighted by molar-refractivity contribution is 5.10. The predicted molar refractivity (Wildman–Crippen MR) is 136 cm³/mol. The standard InChI is InChI=1S/C28H50O2.C2H6/c1-6-28-16-14-24-22(9-8-20-17-21(29)13-15-27(20,24)5)25(28)11-10-23(28)19(4)7-12-26(30)18(2)3;1-2/h18-26,29-30H,6-17H2,1-5H3;1-2H3/t19-,20?,21?,22?,23?,24?,25?,26?,27?,28?;/m1./s1. The van der Waals surface area contributed by atoms with E-state index in [9.17, 15) is 10.2 Å². The van der Waals surface area contributed by atoms with Crippen molar-refractivity contribution in [2.75, 3.05) is 0 Å². The van der Waals surface area contributed by atoms with Crippen molar-refractivity contribution in [2.45, 2.75) is 138 Å². The Labute approximate surface area is 200 Å². The van der Waals surface area contributed by atoms with Crippen molar-refractivity contribution in [3.63, 3.8) is 0 Å². The molecule has 0 spiro atoms. The lowest BCUT2D eigenvalue weighted by Gasteiger charge is -2.61. The molecule has 4 aliphatic carbocycles. The van der Waals surface area contributed by atoms with E-state index >= 15 is 0 Å². The summed E-state index contributed by atoms with van der Waals surface area (Å²) in [4.78, 5) is 0. The molecule has 2 heteroatoms. The molecule has 0 heterocycles. The largest absolute Gasteiger partial charge is 0.393 e. The lowest BCUT2D eigenvalue weighted by atomic mass is 9.43. The Bertz CT molecular complexity index is 587. The SMILES string of the molecule is CC.CCC12CCC3C(CCC4CC(O)CCC43C)C1CCC2[C@H](C)CCC(O)C(C)C. The van der Waals surface area contributed by atoms with Crippen LogP contribution in [-0.4, -0.2) is 22.4 Å². The highest BCUT2D eigenvalue weighted by atomic mass is 16.3. The van der Waals surface area contributed by atoms with Gasteiger partial charge in [0.15, 0.2) is 0 Å². The predicted octanol–water partition coefficient (Wildman–Crippen LogP) is 7.86. The first-order valence-corrected chi connectivity index (χ1v) is 14.6. The number of hydrogen-bond acceptors (Lipinski definition) is 2. The molecule has 0 radical (unpaired) electrons. The van der Waals surface area contributed by atoms with Crippen molar-refractivity contribution in [1.29, 1.82) is 0 Å². The van der Waals surface area contributed by atoms with Crippen molar-refractivity contribution in [1.82, 2.24) is 0 Å². The van der Waals surface area contributed by atoms with Gasteiger partial charge in [-0.25, -0.2) is 0 Å². The minimum Gasteiger partial charge on any atom is -0.393 e. The van der Waals surface area contributed by atoms with Gasteiger partial charge in [-0.3, -0.25) is 0 Å². The van der Waals surface area contributed by atoms with Crippen LogP contribution in [0.5, 0.6) is 0 Å². The summed E-state index contributed by atoms with van der Waals surface area (Å²) in [6.45, 7) is 15.9. The van der Waals surface area contributed by atoms with Gasteiger partial charge in [0.2, 0.25) is 0 Å². The zero-order valence-corrected chi connectivity index (χ0v) is 22.6. The first-order valence-electron chi connectivity index (χ1n) is 14.6. The Hall–Kier alpha value is -0.0800. The number of rotatable bonds is 6. The molecule has 9 unspecified atom stereocenters. The minimum atomic E-state index is -0.130. The quantitative estimate of drug-likeness (QED) is 0.434. The van der Waals surface area contributed by atoms with E-state index in [1.165, 1.54) is 57.8 Å². The summed E-state index contributed by atoms with van der Waals surface area (Å²) in [7, 11) is 0. The van der Waals surface area contributed by atoms with Crippen molar-refractivity contribution in [3.8, 4) is 0 Å². The molecule has 4 saturated carbocycles. The Balaban J connectivity index is 0.00000141. The van der Waals surface area contributed by atoms with Crippen LogP contribution < -0.4 is 0 Å². The molecule has 2 nitrogen and oxygen atoms in total. The Morgan fingerprint density at radius 2 is 1.59 bits per heavy atom. The van der Waals surface area contributed by atoms with Crippen molar-refractivity contribution in [2.24, 2.45) is 52.3 Å². The first-order chi connectivity index (χ1) is 15.2. The van der Waals surface area contributed by atoms with Crippen LogP contribution in [0.25, 0.3) is 0 Å². The topological polar surface area (TPSA) is 40.5 Å². The van der Waals surface area contributed by atoms with E-state index in [1.54, 1.807) is 0 Å². The first kappa shape index (κ1) is 26.5. The summed E-state index contributed by atoms with van der Waals surface area (Å²) >= 11 is 0. The maximum atomic E-state index is 10.4. The molecule has 0 aromatic heterocycles. The molecule has 188 valence electrons. The lowest BCUT2D eigenvalue weighted by molar-refractivity contribution is -0.134. The minimum absolute atomic E-state index is 0.0316. The van der Waals surface area contributed by atoms with Crippen molar-refractivity contribution >= 4 is 0 Å². The fourth-order valence-corrected chi connectivity index (χ4v) is 9.61. The van der Waals surface area contributed by atoms with Gasteiger partial charge in [0, 0.05) is 0 Å². The van der Waals surface area contributed by atoms with Gasteiger partial charge in [-0.2, -0.15) is 0 Å². The van der Waals surface area contributed by atoms with Crippen LogP contribution in [0, 0.1) is 52.3 Å². The van der Waals surface area contributed by atoms with Gasteiger partial charge in [-0.1, -0.05) is 48.5 Å². The molecule has 32 heavy (non-hydrogen) atoms. The fraction of sp³-hybridized carbons (Fsp3) is 1.00. The summed E-state index contributed by atoms with van der Waals surface area (Å²) in [5.41, 5.74) is 1.06. The smallest absolute Gasteiger partial charge is 0.0563 e. The molecule has 0 aliphatic heterocycles. The normalized spacial score (nSPS) is 45.2. The van der Waals surface area contributed by atoms with Gasteiger partial charge < -0.3 is 10.2 Å². The monoisotopic (exact) mass is 448 g/mol. The van der Waals surface area contributed by atoms with Crippen LogP contribution >= 0.6 is 0 Å². The van der Waals surface area contributed by atoms with Crippen LogP contribution in [0.1, 0.15) is 126 Å². The van der Waals surface area contributed by atoms with E-state index in [0.29, 0.717) is 16.7 Å². The van der Waals surface area contributed by atoms with Gasteiger partial charge in [0.1, 0.15) is 0 Å². The Morgan fingerprint density at radius 3 is 2.25 bits per heavy atom. The molecule has 0 saturated heterocycles. The molecule has 0 aromatic carbocycles. The third-order valence-corrected chi connectivity index (χ3v) is 11.5. The van der Waals surface area contributed by atoms with Crippen molar-refractivity contribution in [3.05, 3.63) is 0 Å². The number of fused-ring (bicyclic) bond motifs is 5. The zero-order chi connectivity index (χ0) is 23.7. The highest BCUT2D eigenvalue weighted by Gasteiger charge is 2.61. The van der Waals surface area contributed by atoms with E-state index in [-0.39, 0.29) is 12.2 Å².